The van der Waals surface area contributed by atoms with Crippen LogP contribution in [0.25, 0.3) is 0 Å². The van der Waals surface area contributed by atoms with E-state index in [2.05, 4.69) is 43.3 Å². The number of hydrogen-bond acceptors (Lipinski definition) is 3. The molecule has 2 atom stereocenters. The van der Waals surface area contributed by atoms with Crippen LogP contribution >= 0.6 is 11.3 Å². The van der Waals surface area contributed by atoms with E-state index in [1.54, 1.807) is 0 Å². The molecule has 1 rings (SSSR count). The van der Waals surface area contributed by atoms with Crippen LogP contribution in [0.1, 0.15) is 56.9 Å². The molecule has 0 saturated heterocycles. The van der Waals surface area contributed by atoms with Gasteiger partial charge in [-0.2, -0.15) is 0 Å². The van der Waals surface area contributed by atoms with Crippen LogP contribution < -0.4 is 5.73 Å². The molecule has 0 fully saturated rings. The number of thiophene rings is 1. The Morgan fingerprint density at radius 2 is 2.11 bits per heavy atom. The first kappa shape index (κ1) is 15.7. The Bertz CT molecular complexity index is 297. The summed E-state index contributed by atoms with van der Waals surface area (Å²) in [7, 11) is 2.21. The largest absolute Gasteiger partial charge is 0.329 e. The molecule has 1 heterocycles. The Hall–Kier alpha value is -0.380. The van der Waals surface area contributed by atoms with Gasteiger partial charge < -0.3 is 5.73 Å². The summed E-state index contributed by atoms with van der Waals surface area (Å²) in [6, 6.07) is 5.34. The molecule has 0 bridgehead atoms. The zero-order chi connectivity index (χ0) is 13.4. The van der Waals surface area contributed by atoms with E-state index in [1.165, 1.54) is 37.0 Å². The summed E-state index contributed by atoms with van der Waals surface area (Å²) < 4.78 is 0. The van der Waals surface area contributed by atoms with Gasteiger partial charge in [0.25, 0.3) is 0 Å². The highest BCUT2D eigenvalue weighted by Gasteiger charge is 2.19. The van der Waals surface area contributed by atoms with Gasteiger partial charge in [0.2, 0.25) is 0 Å². The van der Waals surface area contributed by atoms with Gasteiger partial charge in [0.15, 0.2) is 0 Å². The van der Waals surface area contributed by atoms with Crippen LogP contribution in [0.4, 0.5) is 0 Å². The van der Waals surface area contributed by atoms with Crippen LogP contribution in [0.3, 0.4) is 0 Å². The summed E-state index contributed by atoms with van der Waals surface area (Å²) >= 11 is 1.84. The molecule has 0 saturated carbocycles. The third-order valence-corrected chi connectivity index (χ3v) is 4.85. The fourth-order valence-electron chi connectivity index (χ4n) is 2.34. The number of nitrogens with two attached hydrogens (primary N) is 1. The van der Waals surface area contributed by atoms with Crippen molar-refractivity contribution >= 4 is 11.3 Å². The molecular formula is C15H28N2S. The zero-order valence-electron chi connectivity index (χ0n) is 12.1. The molecule has 3 heteroatoms. The van der Waals surface area contributed by atoms with Crippen LogP contribution in [0.15, 0.2) is 17.5 Å². The Morgan fingerprint density at radius 1 is 1.33 bits per heavy atom. The van der Waals surface area contributed by atoms with Gasteiger partial charge in [-0.05, 0) is 31.8 Å². The lowest BCUT2D eigenvalue weighted by molar-refractivity contribution is 0.179. The molecule has 0 aliphatic heterocycles. The zero-order valence-corrected chi connectivity index (χ0v) is 12.9. The van der Waals surface area contributed by atoms with Crippen molar-refractivity contribution in [3.63, 3.8) is 0 Å². The van der Waals surface area contributed by atoms with Crippen molar-refractivity contribution in [2.24, 2.45) is 5.73 Å². The monoisotopic (exact) mass is 268 g/mol. The number of hydrogen-bond donors (Lipinski definition) is 1. The van der Waals surface area contributed by atoms with Crippen molar-refractivity contribution in [3.05, 3.63) is 22.4 Å². The Morgan fingerprint density at radius 3 is 2.67 bits per heavy atom. The highest BCUT2D eigenvalue weighted by Crippen LogP contribution is 2.26. The van der Waals surface area contributed by atoms with Crippen LogP contribution in [-0.2, 0) is 0 Å². The predicted molar refractivity (Wildman–Crippen MR) is 82.1 cm³/mol. The lowest BCUT2D eigenvalue weighted by atomic mass is 10.0. The quantitative estimate of drug-likeness (QED) is 0.685. The van der Waals surface area contributed by atoms with E-state index in [9.17, 15) is 0 Å². The van der Waals surface area contributed by atoms with Crippen LogP contribution in [0.2, 0.25) is 0 Å². The number of unbranched alkanes of at least 4 members (excludes halogenated alkanes) is 3. The van der Waals surface area contributed by atoms with E-state index in [1.807, 2.05) is 11.3 Å². The number of nitrogens with zero attached hydrogens (tertiary/aromatic N) is 1. The topological polar surface area (TPSA) is 29.3 Å². The first-order valence-electron chi connectivity index (χ1n) is 7.16. The average Bonchev–Trinajstić information content (AvgIpc) is 2.91. The summed E-state index contributed by atoms with van der Waals surface area (Å²) in [5, 5.41) is 2.15. The summed E-state index contributed by atoms with van der Waals surface area (Å²) in [5.41, 5.74) is 5.94. The van der Waals surface area contributed by atoms with Crippen molar-refractivity contribution in [1.82, 2.24) is 4.90 Å². The van der Waals surface area contributed by atoms with Gasteiger partial charge in [-0.1, -0.05) is 38.7 Å². The second-order valence-corrected chi connectivity index (χ2v) is 6.07. The van der Waals surface area contributed by atoms with Crippen molar-refractivity contribution in [2.45, 2.75) is 58.0 Å². The molecule has 0 aliphatic rings. The van der Waals surface area contributed by atoms with Gasteiger partial charge in [-0.15, -0.1) is 11.3 Å². The van der Waals surface area contributed by atoms with Gasteiger partial charge in [-0.3, -0.25) is 4.90 Å². The smallest absolute Gasteiger partial charge is 0.0413 e. The Balaban J connectivity index is 2.43. The standard InChI is InChI=1S/C15H28N2S/c1-4-5-6-7-9-14(12-16)17(3)13(2)15-10-8-11-18-15/h8,10-11,13-14H,4-7,9,12,16H2,1-3H3. The van der Waals surface area contributed by atoms with E-state index in [0.717, 1.165) is 6.54 Å². The van der Waals surface area contributed by atoms with Gasteiger partial charge >= 0.3 is 0 Å². The summed E-state index contributed by atoms with van der Waals surface area (Å²) in [5.74, 6) is 0. The van der Waals surface area contributed by atoms with E-state index in [-0.39, 0.29) is 0 Å². The lowest BCUT2D eigenvalue weighted by Gasteiger charge is -2.32. The predicted octanol–water partition coefficient (Wildman–Crippen LogP) is 4.04. The minimum Gasteiger partial charge on any atom is -0.329 e. The highest BCUT2D eigenvalue weighted by atomic mass is 32.1. The van der Waals surface area contributed by atoms with Crippen molar-refractivity contribution in [2.75, 3.05) is 13.6 Å². The molecule has 0 amide bonds. The van der Waals surface area contributed by atoms with Crippen molar-refractivity contribution < 1.29 is 0 Å². The molecule has 0 radical (unpaired) electrons. The van der Waals surface area contributed by atoms with Gasteiger partial charge in [0, 0.05) is 23.5 Å². The molecule has 2 nitrogen and oxygen atoms in total. The third-order valence-electron chi connectivity index (χ3n) is 3.80. The Kier molecular flexibility index (Phi) is 7.56. The van der Waals surface area contributed by atoms with Crippen LogP contribution in [-0.4, -0.2) is 24.5 Å². The molecular weight excluding hydrogens is 240 g/mol. The van der Waals surface area contributed by atoms with Crippen molar-refractivity contribution in [3.8, 4) is 0 Å². The average molecular weight is 268 g/mol. The molecule has 1 aromatic heterocycles. The van der Waals surface area contributed by atoms with E-state index < -0.39 is 0 Å². The summed E-state index contributed by atoms with van der Waals surface area (Å²) in [4.78, 5) is 3.88. The molecule has 18 heavy (non-hydrogen) atoms. The van der Waals surface area contributed by atoms with Crippen LogP contribution in [0, 0.1) is 0 Å². The lowest BCUT2D eigenvalue weighted by Crippen LogP contribution is -2.39. The third kappa shape index (κ3) is 4.71. The SMILES string of the molecule is CCCCCCC(CN)N(C)C(C)c1cccs1. The molecule has 1 aromatic rings. The molecule has 2 unspecified atom stereocenters. The molecule has 2 N–H and O–H groups in total. The van der Waals surface area contributed by atoms with Crippen molar-refractivity contribution in [1.29, 1.82) is 0 Å². The maximum absolute atomic E-state index is 5.94. The maximum atomic E-state index is 5.94. The van der Waals surface area contributed by atoms with E-state index >= 15 is 0 Å². The minimum absolute atomic E-state index is 0.477. The van der Waals surface area contributed by atoms with E-state index in [4.69, 9.17) is 5.73 Å². The summed E-state index contributed by atoms with van der Waals surface area (Å²) in [6.45, 7) is 5.30. The van der Waals surface area contributed by atoms with Gasteiger partial charge in [-0.25, -0.2) is 0 Å². The van der Waals surface area contributed by atoms with Gasteiger partial charge in [0.05, 0.1) is 0 Å². The Labute approximate surface area is 116 Å². The second kappa shape index (κ2) is 8.68. The fraction of sp³-hybridized carbons (Fsp3) is 0.733. The fourth-order valence-corrected chi connectivity index (χ4v) is 3.18. The highest BCUT2D eigenvalue weighted by molar-refractivity contribution is 7.10. The minimum atomic E-state index is 0.477. The second-order valence-electron chi connectivity index (χ2n) is 5.10. The summed E-state index contributed by atoms with van der Waals surface area (Å²) in [6.07, 6.45) is 6.52. The molecule has 104 valence electrons. The number of likely N-dealkylation sites (N-methyl/N-ethyl adjacent to an activating group) is 1. The molecule has 0 spiro atoms. The molecule has 0 aromatic carbocycles. The maximum Gasteiger partial charge on any atom is 0.0413 e. The van der Waals surface area contributed by atoms with Gasteiger partial charge in [0.1, 0.15) is 0 Å². The normalized spacial score (nSPS) is 14.9. The van der Waals surface area contributed by atoms with E-state index in [0.29, 0.717) is 12.1 Å². The molecule has 0 aliphatic carbocycles. The van der Waals surface area contributed by atoms with Crippen LogP contribution in [0.5, 0.6) is 0 Å². The first-order chi connectivity index (χ1) is 8.70. The first-order valence-corrected chi connectivity index (χ1v) is 8.04. The number of rotatable bonds is 9.